The van der Waals surface area contributed by atoms with E-state index in [2.05, 4.69) is 20.3 Å². The molecule has 108 valence electrons. The molecule has 20 heavy (non-hydrogen) atoms. The molecule has 1 unspecified atom stereocenters. The molecular formula is C11H13F3N6. The molecule has 2 heterocycles. The van der Waals surface area contributed by atoms with Crippen molar-refractivity contribution in [3.63, 3.8) is 0 Å². The van der Waals surface area contributed by atoms with Gasteiger partial charge in [0.2, 0.25) is 5.79 Å². The molecule has 6 nitrogen and oxygen atoms in total. The molecule has 5 N–H and O–H groups in total. The van der Waals surface area contributed by atoms with Crippen molar-refractivity contribution in [1.29, 1.82) is 0 Å². The number of nitrogens with one attached hydrogen (secondary N) is 1. The molecule has 0 saturated carbocycles. The van der Waals surface area contributed by atoms with E-state index >= 15 is 0 Å². The van der Waals surface area contributed by atoms with Gasteiger partial charge < -0.3 is 11.1 Å². The van der Waals surface area contributed by atoms with Gasteiger partial charge in [0, 0.05) is 18.3 Å². The van der Waals surface area contributed by atoms with Crippen LogP contribution in [0.3, 0.4) is 0 Å². The third kappa shape index (κ3) is 3.44. The number of aliphatic imine (C=N–C) groups is 2. The predicted molar refractivity (Wildman–Crippen MR) is 67.7 cm³/mol. The summed E-state index contributed by atoms with van der Waals surface area (Å²) in [7, 11) is 0. The average Bonchev–Trinajstić information content (AvgIpc) is 2.36. The van der Waals surface area contributed by atoms with Gasteiger partial charge >= 0.3 is 6.18 Å². The van der Waals surface area contributed by atoms with E-state index in [9.17, 15) is 13.2 Å². The Labute approximate surface area is 112 Å². The Hall–Kier alpha value is -2.16. The molecule has 1 aromatic heterocycles. The van der Waals surface area contributed by atoms with E-state index in [0.29, 0.717) is 12.1 Å². The number of nitrogens with two attached hydrogens (primary N) is 2. The number of rotatable bonds is 3. The molecule has 1 atom stereocenters. The minimum Gasteiger partial charge on any atom is -0.370 e. The zero-order chi connectivity index (χ0) is 14.8. The predicted octanol–water partition coefficient (Wildman–Crippen LogP) is 0.592. The van der Waals surface area contributed by atoms with Crippen LogP contribution in [-0.2, 0) is 12.6 Å². The molecule has 0 bridgehead atoms. The van der Waals surface area contributed by atoms with Crippen LogP contribution in [0.4, 0.5) is 13.2 Å². The minimum absolute atomic E-state index is 0.142. The summed E-state index contributed by atoms with van der Waals surface area (Å²) in [5.41, 5.74) is 11.0. The van der Waals surface area contributed by atoms with Crippen molar-refractivity contribution in [2.45, 2.75) is 24.8 Å². The topological polar surface area (TPSA) is 102 Å². The quantitative estimate of drug-likeness (QED) is 0.757. The molecule has 0 saturated heterocycles. The van der Waals surface area contributed by atoms with Crippen LogP contribution in [0.1, 0.15) is 17.7 Å². The first-order valence-electron chi connectivity index (χ1n) is 5.75. The molecule has 1 aliphatic rings. The Bertz CT molecular complexity index is 536. The normalized spacial score (nSPS) is 22.3. The molecule has 1 aromatic rings. The van der Waals surface area contributed by atoms with E-state index < -0.39 is 17.5 Å². The van der Waals surface area contributed by atoms with Crippen molar-refractivity contribution >= 4 is 12.3 Å². The minimum atomic E-state index is -4.39. The summed E-state index contributed by atoms with van der Waals surface area (Å²) < 4.78 is 37.1. The first-order chi connectivity index (χ1) is 9.28. The standard InChI is InChI=1S/C11H13F3N6/c12-11(13,14)7-1-2-8(17-5-7)3-4-10(16)19-6-18-9(15)20-10/h1-2,5-6H,3-4,16H2,(H3,15,18,19,20). The van der Waals surface area contributed by atoms with E-state index in [1.54, 1.807) is 0 Å². The lowest BCUT2D eigenvalue weighted by molar-refractivity contribution is -0.137. The lowest BCUT2D eigenvalue weighted by Crippen LogP contribution is -2.46. The van der Waals surface area contributed by atoms with Gasteiger partial charge in [-0.15, -0.1) is 0 Å². The van der Waals surface area contributed by atoms with Crippen molar-refractivity contribution in [2.24, 2.45) is 21.5 Å². The fraction of sp³-hybridized carbons (Fsp3) is 0.364. The second kappa shape index (κ2) is 5.08. The van der Waals surface area contributed by atoms with Crippen molar-refractivity contribution in [1.82, 2.24) is 10.3 Å². The Balaban J connectivity index is 2.01. The number of guanidine groups is 1. The van der Waals surface area contributed by atoms with E-state index in [0.717, 1.165) is 12.3 Å². The number of pyridine rings is 1. The second-order valence-electron chi connectivity index (χ2n) is 4.31. The molecule has 0 aromatic carbocycles. The maximum absolute atomic E-state index is 12.4. The lowest BCUT2D eigenvalue weighted by Gasteiger charge is -2.23. The third-order valence-electron chi connectivity index (χ3n) is 2.72. The molecule has 9 heteroatoms. The number of aryl methyl sites for hydroxylation is 1. The fourth-order valence-corrected chi connectivity index (χ4v) is 1.65. The van der Waals surface area contributed by atoms with Gasteiger partial charge in [0.15, 0.2) is 5.96 Å². The number of aromatic nitrogens is 1. The monoisotopic (exact) mass is 286 g/mol. The zero-order valence-corrected chi connectivity index (χ0v) is 10.4. The maximum atomic E-state index is 12.4. The largest absolute Gasteiger partial charge is 0.417 e. The summed E-state index contributed by atoms with van der Waals surface area (Å²) in [5.74, 6) is -1.07. The van der Waals surface area contributed by atoms with E-state index in [-0.39, 0.29) is 12.4 Å². The molecule has 1 aliphatic heterocycles. The highest BCUT2D eigenvalue weighted by Gasteiger charge is 2.31. The van der Waals surface area contributed by atoms with Crippen LogP contribution < -0.4 is 16.8 Å². The molecule has 2 rings (SSSR count). The summed E-state index contributed by atoms with van der Waals surface area (Å²) in [6.07, 6.45) is -1.64. The van der Waals surface area contributed by atoms with Crippen LogP contribution in [0.2, 0.25) is 0 Å². The summed E-state index contributed by atoms with van der Waals surface area (Å²) in [5, 5.41) is 2.57. The average molecular weight is 286 g/mol. The number of alkyl halides is 3. The first kappa shape index (κ1) is 14.3. The Morgan fingerprint density at radius 1 is 1.30 bits per heavy atom. The van der Waals surface area contributed by atoms with Crippen molar-refractivity contribution in [3.8, 4) is 0 Å². The van der Waals surface area contributed by atoms with Gasteiger partial charge in [-0.05, 0) is 18.6 Å². The molecule has 0 amide bonds. The highest BCUT2D eigenvalue weighted by atomic mass is 19.4. The van der Waals surface area contributed by atoms with Crippen molar-refractivity contribution < 1.29 is 13.2 Å². The zero-order valence-electron chi connectivity index (χ0n) is 10.4. The molecular weight excluding hydrogens is 273 g/mol. The van der Waals surface area contributed by atoms with E-state index in [1.165, 1.54) is 12.4 Å². The Kier molecular flexibility index (Phi) is 3.62. The van der Waals surface area contributed by atoms with Crippen molar-refractivity contribution in [2.75, 3.05) is 0 Å². The summed E-state index contributed by atoms with van der Waals surface area (Å²) >= 11 is 0. The van der Waals surface area contributed by atoms with E-state index in [4.69, 9.17) is 11.5 Å². The SMILES string of the molecule is NC1=NC(N)(CCc2ccc(C(F)(F)F)cn2)N=CN1. The number of halogens is 3. The van der Waals surface area contributed by atoms with Crippen LogP contribution in [0.25, 0.3) is 0 Å². The number of nitrogens with zero attached hydrogens (tertiary/aromatic N) is 3. The van der Waals surface area contributed by atoms with Gasteiger partial charge in [-0.2, -0.15) is 13.2 Å². The summed E-state index contributed by atoms with van der Waals surface area (Å²) in [6.45, 7) is 0. The first-order valence-corrected chi connectivity index (χ1v) is 5.75. The summed E-state index contributed by atoms with van der Waals surface area (Å²) in [4.78, 5) is 11.6. The van der Waals surface area contributed by atoms with Crippen LogP contribution in [0.5, 0.6) is 0 Å². The number of hydrogen-bond donors (Lipinski definition) is 3. The van der Waals surface area contributed by atoms with Gasteiger partial charge in [-0.3, -0.25) is 10.7 Å². The molecule has 0 spiro atoms. The van der Waals surface area contributed by atoms with Crippen molar-refractivity contribution in [3.05, 3.63) is 29.6 Å². The smallest absolute Gasteiger partial charge is 0.370 e. The van der Waals surface area contributed by atoms with Crippen LogP contribution in [-0.4, -0.2) is 23.1 Å². The van der Waals surface area contributed by atoms with Gasteiger partial charge in [0.1, 0.15) is 0 Å². The fourth-order valence-electron chi connectivity index (χ4n) is 1.65. The molecule has 0 radical (unpaired) electrons. The van der Waals surface area contributed by atoms with Gasteiger partial charge in [-0.25, -0.2) is 9.98 Å². The van der Waals surface area contributed by atoms with Gasteiger partial charge in [0.25, 0.3) is 0 Å². The summed E-state index contributed by atoms with van der Waals surface area (Å²) in [6, 6.07) is 2.29. The third-order valence-corrected chi connectivity index (χ3v) is 2.72. The highest BCUT2D eigenvalue weighted by Crippen LogP contribution is 2.28. The highest BCUT2D eigenvalue weighted by molar-refractivity contribution is 5.90. The molecule has 0 aliphatic carbocycles. The van der Waals surface area contributed by atoms with Gasteiger partial charge in [0.05, 0.1) is 11.9 Å². The van der Waals surface area contributed by atoms with E-state index in [1.807, 2.05) is 0 Å². The van der Waals surface area contributed by atoms with Crippen LogP contribution in [0, 0.1) is 0 Å². The number of hydrogen-bond acceptors (Lipinski definition) is 6. The van der Waals surface area contributed by atoms with Crippen LogP contribution >= 0.6 is 0 Å². The lowest BCUT2D eigenvalue weighted by atomic mass is 10.1. The van der Waals surface area contributed by atoms with Gasteiger partial charge in [-0.1, -0.05) is 0 Å². The molecule has 0 fully saturated rings. The Morgan fingerprint density at radius 3 is 2.60 bits per heavy atom. The second-order valence-corrected chi connectivity index (χ2v) is 4.31. The maximum Gasteiger partial charge on any atom is 0.417 e. The Morgan fingerprint density at radius 2 is 2.05 bits per heavy atom. The van der Waals surface area contributed by atoms with Crippen LogP contribution in [0.15, 0.2) is 28.3 Å².